The van der Waals surface area contributed by atoms with Gasteiger partial charge < -0.3 is 14.8 Å². The zero-order valence-corrected chi connectivity index (χ0v) is 19.0. The number of hydrogen-bond acceptors (Lipinski definition) is 6. The molecule has 0 aliphatic rings. The first-order chi connectivity index (χ1) is 14.4. The number of benzene rings is 2. The van der Waals surface area contributed by atoms with Crippen LogP contribution >= 0.6 is 27.3 Å². The average molecular weight is 490 g/mol. The van der Waals surface area contributed by atoms with Crippen molar-refractivity contribution in [2.45, 2.75) is 6.92 Å². The topological polar surface area (TPSA) is 89.0 Å². The second kappa shape index (κ2) is 9.73. The van der Waals surface area contributed by atoms with Gasteiger partial charge in [-0.25, -0.2) is 5.43 Å². The Morgan fingerprint density at radius 2 is 1.83 bits per heavy atom. The molecule has 0 unspecified atom stereocenters. The standard InChI is InChI=1S/C21H20BrN3O4S/c1-12(19-14-6-4-5-7-17(14)30-20(19)22)24-25-18(26)11-23-21(27)13-8-9-15(28-2)16(10-13)29-3/h4-10H,11H2,1-3H3,(H,23,27)(H,25,26)/b24-12+. The summed E-state index contributed by atoms with van der Waals surface area (Å²) in [6, 6.07) is 12.7. The Kier molecular flexibility index (Phi) is 7.07. The molecule has 2 aromatic carbocycles. The summed E-state index contributed by atoms with van der Waals surface area (Å²) in [7, 11) is 3.00. The molecule has 30 heavy (non-hydrogen) atoms. The molecule has 2 amide bonds. The number of fused-ring (bicyclic) bond motifs is 1. The molecule has 156 valence electrons. The summed E-state index contributed by atoms with van der Waals surface area (Å²) in [5.74, 6) is 0.115. The zero-order valence-electron chi connectivity index (χ0n) is 16.6. The van der Waals surface area contributed by atoms with Crippen LogP contribution in [0.5, 0.6) is 11.5 Å². The molecule has 2 N–H and O–H groups in total. The summed E-state index contributed by atoms with van der Waals surface area (Å²) >= 11 is 5.17. The fourth-order valence-electron chi connectivity index (χ4n) is 2.83. The van der Waals surface area contributed by atoms with Crippen molar-refractivity contribution in [2.75, 3.05) is 20.8 Å². The van der Waals surface area contributed by atoms with Crippen LogP contribution in [0.2, 0.25) is 0 Å². The molecule has 7 nitrogen and oxygen atoms in total. The molecule has 0 aliphatic heterocycles. The lowest BCUT2D eigenvalue weighted by Gasteiger charge is -2.10. The van der Waals surface area contributed by atoms with Gasteiger partial charge in [-0.15, -0.1) is 11.3 Å². The largest absolute Gasteiger partial charge is 0.493 e. The molecule has 3 rings (SSSR count). The number of hydrogen-bond donors (Lipinski definition) is 2. The number of carbonyl (C=O) groups excluding carboxylic acids is 2. The molecule has 0 saturated heterocycles. The van der Waals surface area contributed by atoms with Crippen molar-refractivity contribution >= 4 is 54.9 Å². The van der Waals surface area contributed by atoms with Crippen LogP contribution < -0.4 is 20.2 Å². The Hall–Kier alpha value is -2.91. The van der Waals surface area contributed by atoms with E-state index >= 15 is 0 Å². The number of hydrazone groups is 1. The number of carbonyl (C=O) groups is 2. The summed E-state index contributed by atoms with van der Waals surface area (Å²) in [6.07, 6.45) is 0. The molecule has 3 aromatic rings. The molecule has 0 aliphatic carbocycles. The zero-order chi connectivity index (χ0) is 21.7. The number of thiophene rings is 1. The van der Waals surface area contributed by atoms with E-state index in [1.54, 1.807) is 29.5 Å². The lowest BCUT2D eigenvalue weighted by Crippen LogP contribution is -2.35. The number of methoxy groups -OCH3 is 2. The van der Waals surface area contributed by atoms with E-state index in [-0.39, 0.29) is 6.54 Å². The highest BCUT2D eigenvalue weighted by atomic mass is 79.9. The van der Waals surface area contributed by atoms with E-state index in [9.17, 15) is 9.59 Å². The molecular formula is C21H20BrN3O4S. The Bertz CT molecular complexity index is 1130. The van der Waals surface area contributed by atoms with Gasteiger partial charge in [0.05, 0.1) is 30.3 Å². The second-order valence-electron chi connectivity index (χ2n) is 6.23. The minimum Gasteiger partial charge on any atom is -0.493 e. The van der Waals surface area contributed by atoms with Gasteiger partial charge in [-0.3, -0.25) is 9.59 Å². The van der Waals surface area contributed by atoms with Crippen molar-refractivity contribution in [3.8, 4) is 11.5 Å². The molecule has 0 bridgehead atoms. The van der Waals surface area contributed by atoms with Crippen molar-refractivity contribution in [1.82, 2.24) is 10.7 Å². The summed E-state index contributed by atoms with van der Waals surface area (Å²) in [6.45, 7) is 1.61. The molecule has 0 fully saturated rings. The first-order valence-electron chi connectivity index (χ1n) is 8.95. The van der Waals surface area contributed by atoms with E-state index in [0.717, 1.165) is 19.4 Å². The van der Waals surface area contributed by atoms with Crippen LogP contribution in [0, 0.1) is 0 Å². The summed E-state index contributed by atoms with van der Waals surface area (Å²) in [5, 5.41) is 7.81. The quantitative estimate of drug-likeness (QED) is 0.388. The molecule has 1 heterocycles. The average Bonchev–Trinajstić information content (AvgIpc) is 3.10. The number of nitrogens with zero attached hydrogens (tertiary/aromatic N) is 1. The molecule has 0 radical (unpaired) electrons. The van der Waals surface area contributed by atoms with Gasteiger partial charge in [-0.05, 0) is 47.1 Å². The monoisotopic (exact) mass is 489 g/mol. The van der Waals surface area contributed by atoms with E-state index in [4.69, 9.17) is 9.47 Å². The lowest BCUT2D eigenvalue weighted by atomic mass is 10.1. The van der Waals surface area contributed by atoms with Gasteiger partial charge in [-0.2, -0.15) is 5.10 Å². The second-order valence-corrected chi connectivity index (χ2v) is 8.60. The van der Waals surface area contributed by atoms with Crippen LogP contribution in [0.3, 0.4) is 0 Å². The summed E-state index contributed by atoms with van der Waals surface area (Å²) in [5.41, 5.74) is 4.44. The van der Waals surface area contributed by atoms with Crippen LogP contribution in [0.25, 0.3) is 10.1 Å². The van der Waals surface area contributed by atoms with Gasteiger partial charge in [0.15, 0.2) is 11.5 Å². The van der Waals surface area contributed by atoms with Gasteiger partial charge in [0.2, 0.25) is 0 Å². The molecule has 0 atom stereocenters. The van der Waals surface area contributed by atoms with Crippen molar-refractivity contribution in [3.63, 3.8) is 0 Å². The number of amides is 2. The maximum Gasteiger partial charge on any atom is 0.259 e. The van der Waals surface area contributed by atoms with Crippen LogP contribution in [0.15, 0.2) is 51.4 Å². The fourth-order valence-corrected chi connectivity index (χ4v) is 4.84. The Balaban J connectivity index is 1.62. The third-order valence-corrected chi connectivity index (χ3v) is 6.16. The third-order valence-electron chi connectivity index (χ3n) is 4.32. The summed E-state index contributed by atoms with van der Waals surface area (Å²) in [4.78, 5) is 24.4. The van der Waals surface area contributed by atoms with Gasteiger partial charge in [-0.1, -0.05) is 18.2 Å². The number of nitrogens with one attached hydrogen (secondary N) is 2. The van der Waals surface area contributed by atoms with E-state index in [1.807, 2.05) is 31.2 Å². The molecule has 9 heteroatoms. The van der Waals surface area contributed by atoms with Crippen molar-refractivity contribution in [1.29, 1.82) is 0 Å². The van der Waals surface area contributed by atoms with E-state index in [2.05, 4.69) is 31.8 Å². The SMILES string of the molecule is COc1ccc(C(=O)NCC(=O)N/N=C(\C)c2c(Br)sc3ccccc23)cc1OC. The summed E-state index contributed by atoms with van der Waals surface area (Å²) < 4.78 is 12.4. The number of rotatable bonds is 7. The van der Waals surface area contributed by atoms with Gasteiger partial charge in [0, 0.05) is 21.2 Å². The molecule has 0 spiro atoms. The first-order valence-corrected chi connectivity index (χ1v) is 10.6. The van der Waals surface area contributed by atoms with Crippen LogP contribution in [-0.2, 0) is 4.79 Å². The smallest absolute Gasteiger partial charge is 0.259 e. The Morgan fingerprint density at radius 3 is 2.57 bits per heavy atom. The van der Waals surface area contributed by atoms with Crippen LogP contribution in [0.4, 0.5) is 0 Å². The number of halogens is 1. The minimum atomic E-state index is -0.432. The Labute approximate surface area is 186 Å². The lowest BCUT2D eigenvalue weighted by molar-refractivity contribution is -0.120. The van der Waals surface area contributed by atoms with E-state index in [1.165, 1.54) is 14.2 Å². The maximum absolute atomic E-state index is 12.3. The minimum absolute atomic E-state index is 0.213. The van der Waals surface area contributed by atoms with Gasteiger partial charge in [0.25, 0.3) is 11.8 Å². The molecule has 1 aromatic heterocycles. The predicted octanol–water partition coefficient (Wildman–Crippen LogP) is 3.95. The molecule has 0 saturated carbocycles. The van der Waals surface area contributed by atoms with Gasteiger partial charge in [0.1, 0.15) is 0 Å². The van der Waals surface area contributed by atoms with E-state index in [0.29, 0.717) is 22.8 Å². The van der Waals surface area contributed by atoms with Crippen molar-refractivity contribution in [2.24, 2.45) is 5.10 Å². The Morgan fingerprint density at radius 1 is 1.10 bits per heavy atom. The highest BCUT2D eigenvalue weighted by Gasteiger charge is 2.14. The number of ether oxygens (including phenoxy) is 2. The van der Waals surface area contributed by atoms with Crippen molar-refractivity contribution < 1.29 is 19.1 Å². The van der Waals surface area contributed by atoms with Crippen molar-refractivity contribution in [3.05, 3.63) is 57.4 Å². The highest BCUT2D eigenvalue weighted by molar-refractivity contribution is 9.11. The fraction of sp³-hybridized carbons (Fsp3) is 0.190. The molecular weight excluding hydrogens is 470 g/mol. The van der Waals surface area contributed by atoms with Crippen LogP contribution in [0.1, 0.15) is 22.8 Å². The first kappa shape index (κ1) is 21.8. The maximum atomic E-state index is 12.3. The third kappa shape index (κ3) is 4.80. The normalized spacial score (nSPS) is 11.3. The van der Waals surface area contributed by atoms with Crippen LogP contribution in [-0.4, -0.2) is 38.3 Å². The van der Waals surface area contributed by atoms with Gasteiger partial charge >= 0.3 is 0 Å². The highest BCUT2D eigenvalue weighted by Crippen LogP contribution is 2.35. The van der Waals surface area contributed by atoms with E-state index < -0.39 is 11.8 Å². The predicted molar refractivity (Wildman–Crippen MR) is 122 cm³/mol.